The fourth-order valence-electron chi connectivity index (χ4n) is 7.71. The standard InChI is InChI=1S/C46H46OP2/c1-29-13-10-14-36(22-29)48(37-23-30(2)19-31(3)24-37)42-17-11-15-40-44(42)47-45-41(46(40,8)9)16-12-18-43(45)49(38-25-32(4)20-33(5)26-38)39-27-34(6)21-35(7)28-39/h10-28H,1-9H3. The molecule has 1 nitrogen and oxygen atoms in total. The van der Waals surface area contributed by atoms with Crippen molar-refractivity contribution in [3.63, 3.8) is 0 Å². The number of benzene rings is 6. The summed E-state index contributed by atoms with van der Waals surface area (Å²) < 4.78 is 7.47. The Morgan fingerprint density at radius 3 is 1.12 bits per heavy atom. The average molecular weight is 677 g/mol. The van der Waals surface area contributed by atoms with Gasteiger partial charge < -0.3 is 4.74 Å². The quantitative estimate of drug-likeness (QED) is 0.160. The van der Waals surface area contributed by atoms with Gasteiger partial charge in [-0.1, -0.05) is 168 Å². The largest absolute Gasteiger partial charge is 0.455 e. The van der Waals surface area contributed by atoms with Crippen LogP contribution in [0, 0.1) is 48.5 Å². The van der Waals surface area contributed by atoms with Crippen LogP contribution in [0.25, 0.3) is 0 Å². The maximum atomic E-state index is 7.47. The Kier molecular flexibility index (Phi) is 8.90. The van der Waals surface area contributed by atoms with Gasteiger partial charge in [-0.2, -0.15) is 0 Å². The van der Waals surface area contributed by atoms with Gasteiger partial charge in [-0.25, -0.2) is 0 Å². The summed E-state index contributed by atoms with van der Waals surface area (Å²) in [5.74, 6) is 2.05. The lowest BCUT2D eigenvalue weighted by atomic mass is 9.76. The normalized spacial score (nSPS) is 13.8. The van der Waals surface area contributed by atoms with Crippen molar-refractivity contribution in [2.24, 2.45) is 0 Å². The van der Waals surface area contributed by atoms with Gasteiger partial charge in [0.25, 0.3) is 0 Å². The Labute approximate surface area is 295 Å². The molecule has 0 bridgehead atoms. The topological polar surface area (TPSA) is 9.23 Å². The van der Waals surface area contributed by atoms with Crippen LogP contribution >= 0.6 is 15.8 Å². The van der Waals surface area contributed by atoms with Crippen LogP contribution in [-0.2, 0) is 5.41 Å². The fraction of sp³-hybridized carbons (Fsp3) is 0.217. The van der Waals surface area contributed by atoms with E-state index in [1.807, 2.05) is 0 Å². The first-order valence-corrected chi connectivity index (χ1v) is 19.9. The molecule has 1 aliphatic heterocycles. The van der Waals surface area contributed by atoms with E-state index >= 15 is 0 Å². The zero-order valence-corrected chi connectivity index (χ0v) is 32.1. The van der Waals surface area contributed by atoms with Gasteiger partial charge in [0.05, 0.1) is 0 Å². The molecule has 6 aromatic rings. The van der Waals surface area contributed by atoms with Crippen LogP contribution in [0.1, 0.15) is 63.9 Å². The smallest absolute Gasteiger partial charge is 0.139 e. The summed E-state index contributed by atoms with van der Waals surface area (Å²) in [6.07, 6.45) is 0. The van der Waals surface area contributed by atoms with E-state index in [1.165, 1.54) is 81.9 Å². The highest BCUT2D eigenvalue weighted by molar-refractivity contribution is 7.80. The molecule has 0 radical (unpaired) electrons. The molecule has 0 spiro atoms. The van der Waals surface area contributed by atoms with Crippen LogP contribution in [0.3, 0.4) is 0 Å². The average Bonchev–Trinajstić information content (AvgIpc) is 3.01. The molecule has 1 aliphatic rings. The third-order valence-electron chi connectivity index (χ3n) is 9.67. The third kappa shape index (κ3) is 6.41. The minimum Gasteiger partial charge on any atom is -0.455 e. The lowest BCUT2D eigenvalue weighted by molar-refractivity contribution is 0.425. The van der Waals surface area contributed by atoms with Gasteiger partial charge in [0.2, 0.25) is 0 Å². The summed E-state index contributed by atoms with van der Waals surface area (Å²) in [4.78, 5) is 0. The predicted octanol–water partition coefficient (Wildman–Crippen LogP) is 9.79. The molecule has 0 saturated carbocycles. The van der Waals surface area contributed by atoms with E-state index in [4.69, 9.17) is 4.74 Å². The second-order valence-corrected chi connectivity index (χ2v) is 19.0. The SMILES string of the molecule is Cc1cccc(P(c2cc(C)cc(C)c2)c2cccc3c2Oc2c(P(c4cc(C)cc(C)c4)c4cc(C)cc(C)c4)cccc2C3(C)C)c1. The Bertz CT molecular complexity index is 2110. The van der Waals surface area contributed by atoms with Crippen molar-refractivity contribution in [1.82, 2.24) is 0 Å². The van der Waals surface area contributed by atoms with Crippen molar-refractivity contribution in [3.05, 3.63) is 165 Å². The first kappa shape index (κ1) is 33.5. The van der Waals surface area contributed by atoms with Crippen molar-refractivity contribution >= 4 is 47.7 Å². The predicted molar refractivity (Wildman–Crippen MR) is 216 cm³/mol. The number of para-hydroxylation sites is 2. The summed E-state index contributed by atoms with van der Waals surface area (Å²) in [5.41, 5.74) is 11.3. The fourth-order valence-corrected chi connectivity index (χ4v) is 13.2. The molecular formula is C46H46OP2. The molecule has 1 atom stereocenters. The molecule has 1 heterocycles. The second kappa shape index (κ2) is 13.0. The second-order valence-electron chi connectivity index (χ2n) is 14.6. The zero-order valence-electron chi connectivity index (χ0n) is 30.3. The number of rotatable bonds is 6. The number of hydrogen-bond donors (Lipinski definition) is 0. The van der Waals surface area contributed by atoms with E-state index in [0.717, 1.165) is 11.5 Å². The molecule has 6 aromatic carbocycles. The third-order valence-corrected chi connectivity index (χ3v) is 14.5. The van der Waals surface area contributed by atoms with E-state index in [1.54, 1.807) is 0 Å². The molecule has 0 aromatic heterocycles. The minimum absolute atomic E-state index is 0.253. The summed E-state index contributed by atoms with van der Waals surface area (Å²) in [7, 11) is -1.79. The van der Waals surface area contributed by atoms with Crippen molar-refractivity contribution in [1.29, 1.82) is 0 Å². The van der Waals surface area contributed by atoms with Crippen LogP contribution in [0.5, 0.6) is 11.5 Å². The highest BCUT2D eigenvalue weighted by atomic mass is 31.1. The first-order chi connectivity index (χ1) is 23.4. The Morgan fingerprint density at radius 2 is 0.735 bits per heavy atom. The summed E-state index contributed by atoms with van der Waals surface area (Å²) >= 11 is 0. The van der Waals surface area contributed by atoms with E-state index in [-0.39, 0.29) is 5.41 Å². The van der Waals surface area contributed by atoms with E-state index in [2.05, 4.69) is 178 Å². The van der Waals surface area contributed by atoms with Crippen LogP contribution in [-0.4, -0.2) is 0 Å². The van der Waals surface area contributed by atoms with Crippen LogP contribution in [0.4, 0.5) is 0 Å². The van der Waals surface area contributed by atoms with Crippen molar-refractivity contribution in [2.45, 2.75) is 67.7 Å². The number of aryl methyl sites for hydroxylation is 7. The molecule has 49 heavy (non-hydrogen) atoms. The van der Waals surface area contributed by atoms with Gasteiger partial charge in [-0.3, -0.25) is 0 Å². The van der Waals surface area contributed by atoms with Gasteiger partial charge in [0.1, 0.15) is 11.5 Å². The van der Waals surface area contributed by atoms with Crippen LogP contribution < -0.4 is 36.6 Å². The number of ether oxygens (including phenoxy) is 1. The maximum Gasteiger partial charge on any atom is 0.139 e. The Morgan fingerprint density at radius 1 is 0.388 bits per heavy atom. The van der Waals surface area contributed by atoms with Gasteiger partial charge in [0, 0.05) is 27.2 Å². The molecule has 1 unspecified atom stereocenters. The van der Waals surface area contributed by atoms with E-state index < -0.39 is 15.8 Å². The minimum atomic E-state index is -0.901. The van der Waals surface area contributed by atoms with Crippen molar-refractivity contribution < 1.29 is 4.74 Å². The van der Waals surface area contributed by atoms with Gasteiger partial charge in [0.15, 0.2) is 0 Å². The highest BCUT2D eigenvalue weighted by Crippen LogP contribution is 2.52. The lowest BCUT2D eigenvalue weighted by Gasteiger charge is -2.38. The molecule has 0 fully saturated rings. The molecule has 246 valence electrons. The monoisotopic (exact) mass is 676 g/mol. The number of hydrogen-bond acceptors (Lipinski definition) is 1. The van der Waals surface area contributed by atoms with Crippen molar-refractivity contribution in [3.8, 4) is 11.5 Å². The molecular weight excluding hydrogens is 630 g/mol. The van der Waals surface area contributed by atoms with Crippen molar-refractivity contribution in [2.75, 3.05) is 0 Å². The summed E-state index contributed by atoms with van der Waals surface area (Å²) in [6.45, 7) is 20.2. The molecule has 0 saturated heterocycles. The Hall–Kier alpha value is -4.02. The molecule has 0 N–H and O–H groups in total. The van der Waals surface area contributed by atoms with Crippen LogP contribution in [0.15, 0.2) is 115 Å². The van der Waals surface area contributed by atoms with E-state index in [0.29, 0.717) is 0 Å². The number of fused-ring (bicyclic) bond motifs is 2. The molecule has 7 rings (SSSR count). The lowest BCUT2D eigenvalue weighted by Crippen LogP contribution is -2.33. The van der Waals surface area contributed by atoms with Gasteiger partial charge in [-0.15, -0.1) is 0 Å². The molecule has 0 amide bonds. The van der Waals surface area contributed by atoms with Crippen LogP contribution in [0.2, 0.25) is 0 Å². The zero-order chi connectivity index (χ0) is 34.6. The summed E-state index contributed by atoms with van der Waals surface area (Å²) in [5, 5.41) is 8.00. The summed E-state index contributed by atoms with van der Waals surface area (Å²) in [6, 6.07) is 44.0. The Balaban J connectivity index is 1.49. The van der Waals surface area contributed by atoms with Gasteiger partial charge in [-0.05, 0) is 85.5 Å². The van der Waals surface area contributed by atoms with Gasteiger partial charge >= 0.3 is 0 Å². The maximum absolute atomic E-state index is 7.47. The van der Waals surface area contributed by atoms with E-state index in [9.17, 15) is 0 Å². The first-order valence-electron chi connectivity index (χ1n) is 17.3. The highest BCUT2D eigenvalue weighted by Gasteiger charge is 2.39. The molecule has 0 aliphatic carbocycles. The molecule has 3 heteroatoms.